The van der Waals surface area contributed by atoms with Gasteiger partial charge in [-0.15, -0.1) is 0 Å². The molecule has 4 rings (SSSR count). The first-order valence-corrected chi connectivity index (χ1v) is 6.77. The van der Waals surface area contributed by atoms with Gasteiger partial charge in [0.05, 0.1) is 30.7 Å². The minimum absolute atomic E-state index is 0.0702. The van der Waals surface area contributed by atoms with E-state index in [1.54, 1.807) is 12.4 Å². The second-order valence-electron chi connectivity index (χ2n) is 5.36. The summed E-state index contributed by atoms with van der Waals surface area (Å²) in [4.78, 5) is 15.2. The van der Waals surface area contributed by atoms with Gasteiger partial charge in [0.2, 0.25) is 0 Å². The molecule has 6 nitrogen and oxygen atoms in total. The third-order valence-corrected chi connectivity index (χ3v) is 4.63. The first-order valence-electron chi connectivity index (χ1n) is 6.39. The molecule has 0 saturated carbocycles. The van der Waals surface area contributed by atoms with E-state index >= 15 is 0 Å². The Kier molecular flexibility index (Phi) is 2.29. The quantitative estimate of drug-likeness (QED) is 0.814. The molecule has 2 bridgehead atoms. The van der Waals surface area contributed by atoms with Crippen LogP contribution in [-0.4, -0.2) is 46.1 Å². The molecule has 1 aromatic heterocycles. The number of hydrogen-bond acceptors (Lipinski definition) is 6. The Balaban J connectivity index is 1.75. The van der Waals surface area contributed by atoms with Gasteiger partial charge in [-0.05, 0) is 13.0 Å². The summed E-state index contributed by atoms with van der Waals surface area (Å²) in [5.74, 6) is 0.458. The van der Waals surface area contributed by atoms with Crippen molar-refractivity contribution in [1.82, 2.24) is 14.9 Å². The lowest BCUT2D eigenvalue weighted by molar-refractivity contribution is -0.0132. The maximum atomic E-state index is 5.93. The van der Waals surface area contributed by atoms with Gasteiger partial charge in [-0.3, -0.25) is 9.88 Å². The Morgan fingerprint density at radius 2 is 2.32 bits per heavy atom. The summed E-state index contributed by atoms with van der Waals surface area (Å²) in [6.45, 7) is 2.68. The van der Waals surface area contributed by atoms with Crippen molar-refractivity contribution < 1.29 is 4.74 Å². The van der Waals surface area contributed by atoms with Crippen molar-refractivity contribution in [2.45, 2.75) is 18.1 Å². The summed E-state index contributed by atoms with van der Waals surface area (Å²) in [6.07, 6.45) is 4.44. The summed E-state index contributed by atoms with van der Waals surface area (Å²) in [7, 11) is 0. The third-order valence-electron chi connectivity index (χ3n) is 4.44. The minimum atomic E-state index is -0.356. The summed E-state index contributed by atoms with van der Waals surface area (Å²) >= 11 is 5.81. The maximum absolute atomic E-state index is 5.93. The lowest BCUT2D eigenvalue weighted by Crippen LogP contribution is -2.49. The normalized spacial score (nSPS) is 39.6. The molecule has 2 fully saturated rings. The van der Waals surface area contributed by atoms with E-state index in [-0.39, 0.29) is 11.6 Å². The lowest BCUT2D eigenvalue weighted by Gasteiger charge is -2.39. The van der Waals surface area contributed by atoms with Crippen LogP contribution in [0.4, 0.5) is 0 Å². The lowest BCUT2D eigenvalue weighted by atomic mass is 9.80. The van der Waals surface area contributed by atoms with E-state index < -0.39 is 0 Å². The average Bonchev–Trinajstić information content (AvgIpc) is 3.07. The number of nitrogens with zero attached hydrogens (tertiary/aromatic N) is 4. The van der Waals surface area contributed by atoms with E-state index in [9.17, 15) is 0 Å². The molecule has 4 heterocycles. The number of aromatic nitrogens is 2. The summed E-state index contributed by atoms with van der Waals surface area (Å²) in [6, 6.07) is 0.362. The number of nitrogens with two attached hydrogens (primary N) is 1. The maximum Gasteiger partial charge on any atom is 0.282 e. The summed E-state index contributed by atoms with van der Waals surface area (Å²) in [5, 5.41) is 0.402. The Morgan fingerprint density at radius 1 is 1.42 bits per heavy atom. The zero-order valence-electron chi connectivity index (χ0n) is 10.3. The number of ether oxygens (including phenoxy) is 1. The molecule has 7 heteroatoms. The standard InChI is InChI=1S/C12H14ClN5O/c13-9-4-15-8(3-16-9)10-12(6-17-11(14)19-12)7-1-2-18(10)5-7/h3-4,7,10H,1-2,5-6H2,(H2,14,17). The number of aliphatic imine (C=N–C) groups is 1. The molecule has 0 radical (unpaired) electrons. The van der Waals surface area contributed by atoms with Gasteiger partial charge in [0.1, 0.15) is 5.15 Å². The highest BCUT2D eigenvalue weighted by Crippen LogP contribution is 2.52. The molecule has 100 valence electrons. The first kappa shape index (κ1) is 11.4. The van der Waals surface area contributed by atoms with Gasteiger partial charge < -0.3 is 10.5 Å². The molecular weight excluding hydrogens is 266 g/mol. The van der Waals surface area contributed by atoms with Crippen LogP contribution in [0.3, 0.4) is 0 Å². The molecule has 0 amide bonds. The highest BCUT2D eigenvalue weighted by atomic mass is 35.5. The fraction of sp³-hybridized carbons (Fsp3) is 0.583. The van der Waals surface area contributed by atoms with E-state index in [2.05, 4.69) is 19.9 Å². The van der Waals surface area contributed by atoms with Crippen LogP contribution in [-0.2, 0) is 4.74 Å². The third kappa shape index (κ3) is 1.50. The highest BCUT2D eigenvalue weighted by molar-refractivity contribution is 6.29. The van der Waals surface area contributed by atoms with Crippen LogP contribution in [0.15, 0.2) is 17.4 Å². The van der Waals surface area contributed by atoms with Crippen molar-refractivity contribution in [3.05, 3.63) is 23.2 Å². The van der Waals surface area contributed by atoms with E-state index in [1.165, 1.54) is 0 Å². The van der Waals surface area contributed by atoms with Gasteiger partial charge in [-0.25, -0.2) is 9.98 Å². The fourth-order valence-corrected chi connectivity index (χ4v) is 3.77. The zero-order valence-corrected chi connectivity index (χ0v) is 11.0. The van der Waals surface area contributed by atoms with Crippen molar-refractivity contribution in [2.75, 3.05) is 19.6 Å². The number of halogens is 1. The molecule has 2 saturated heterocycles. The van der Waals surface area contributed by atoms with Crippen molar-refractivity contribution in [3.8, 4) is 0 Å². The number of rotatable bonds is 1. The Labute approximate surface area is 115 Å². The number of hydrogen-bond donors (Lipinski definition) is 1. The van der Waals surface area contributed by atoms with Gasteiger partial charge in [0, 0.05) is 12.5 Å². The van der Waals surface area contributed by atoms with Crippen LogP contribution in [0.25, 0.3) is 0 Å². The van der Waals surface area contributed by atoms with E-state index in [1.807, 2.05) is 0 Å². The topological polar surface area (TPSA) is 76.6 Å². The largest absolute Gasteiger partial charge is 0.454 e. The Morgan fingerprint density at radius 3 is 3.00 bits per heavy atom. The molecule has 4 atom stereocenters. The monoisotopic (exact) mass is 279 g/mol. The predicted octanol–water partition coefficient (Wildman–Crippen LogP) is 0.590. The summed E-state index contributed by atoms with van der Waals surface area (Å²) in [5.41, 5.74) is 6.27. The van der Waals surface area contributed by atoms with Crippen LogP contribution in [0.5, 0.6) is 0 Å². The van der Waals surface area contributed by atoms with Crippen LogP contribution in [0.1, 0.15) is 18.2 Å². The molecule has 3 aliphatic heterocycles. The number of fused-ring (bicyclic) bond motifs is 3. The van der Waals surface area contributed by atoms with Gasteiger partial charge in [0.25, 0.3) is 6.02 Å². The zero-order chi connectivity index (χ0) is 13.0. The van der Waals surface area contributed by atoms with Gasteiger partial charge in [-0.2, -0.15) is 0 Å². The molecule has 0 aromatic carbocycles. The van der Waals surface area contributed by atoms with E-state index in [0.717, 1.165) is 25.2 Å². The number of amidine groups is 1. The molecule has 2 N–H and O–H groups in total. The first-order chi connectivity index (χ1) is 9.19. The van der Waals surface area contributed by atoms with E-state index in [4.69, 9.17) is 22.1 Å². The molecule has 0 aliphatic carbocycles. The van der Waals surface area contributed by atoms with Gasteiger partial charge >= 0.3 is 0 Å². The van der Waals surface area contributed by atoms with E-state index in [0.29, 0.717) is 23.6 Å². The minimum Gasteiger partial charge on any atom is -0.454 e. The average molecular weight is 280 g/mol. The van der Waals surface area contributed by atoms with Crippen molar-refractivity contribution in [3.63, 3.8) is 0 Å². The van der Waals surface area contributed by atoms with Gasteiger partial charge in [0.15, 0.2) is 5.60 Å². The second kappa shape index (κ2) is 3.80. The fourth-order valence-electron chi connectivity index (χ4n) is 3.67. The molecule has 1 spiro atoms. The molecular formula is C12H14ClN5O. The van der Waals surface area contributed by atoms with Crippen molar-refractivity contribution in [2.24, 2.45) is 16.6 Å². The highest BCUT2D eigenvalue weighted by Gasteiger charge is 2.62. The van der Waals surface area contributed by atoms with Crippen LogP contribution in [0, 0.1) is 5.92 Å². The van der Waals surface area contributed by atoms with Gasteiger partial charge in [-0.1, -0.05) is 11.6 Å². The number of piperidine rings is 1. The molecule has 4 unspecified atom stereocenters. The predicted molar refractivity (Wildman–Crippen MR) is 69.8 cm³/mol. The van der Waals surface area contributed by atoms with Crippen molar-refractivity contribution >= 4 is 17.6 Å². The van der Waals surface area contributed by atoms with Crippen LogP contribution >= 0.6 is 11.6 Å². The Bertz CT molecular complexity index is 548. The SMILES string of the molecule is NC1=NCC2(O1)C1CCN(C1)C2c1cnc(Cl)cn1. The van der Waals surface area contributed by atoms with Crippen molar-refractivity contribution in [1.29, 1.82) is 0 Å². The smallest absolute Gasteiger partial charge is 0.282 e. The second-order valence-corrected chi connectivity index (χ2v) is 5.75. The molecule has 1 aromatic rings. The Hall–Kier alpha value is -1.40. The molecule has 3 aliphatic rings. The van der Waals surface area contributed by atoms with Crippen LogP contribution in [0.2, 0.25) is 5.15 Å². The van der Waals surface area contributed by atoms with Crippen LogP contribution < -0.4 is 5.73 Å². The molecule has 19 heavy (non-hydrogen) atoms. The summed E-state index contributed by atoms with van der Waals surface area (Å²) < 4.78 is 5.93.